The number of hydrogen-bond acceptors (Lipinski definition) is 18. The van der Waals surface area contributed by atoms with Crippen LogP contribution in [0, 0.1) is 0 Å². The topological polar surface area (TPSA) is 172 Å². The fraction of sp³-hybridized carbons (Fsp3) is 0.245. The van der Waals surface area contributed by atoms with Crippen LogP contribution in [0.4, 0.5) is 0 Å². The maximum absolute atomic E-state index is 11.5. The van der Waals surface area contributed by atoms with Crippen LogP contribution in [-0.4, -0.2) is 133 Å². The maximum Gasteiger partial charge on any atom is 1.00 e. The van der Waals surface area contributed by atoms with Crippen LogP contribution in [0.2, 0.25) is 50.2 Å². The Bertz CT molecular complexity index is 6280. The Kier molecular flexibility index (Phi) is 40.1. The minimum absolute atomic E-state index is 0. The second-order valence-electron chi connectivity index (χ2n) is 31.3. The first-order chi connectivity index (χ1) is 62.9. The molecule has 0 spiro atoms. The number of benzene rings is 9. The zero-order valence-electron chi connectivity index (χ0n) is 72.5. The summed E-state index contributed by atoms with van der Waals surface area (Å²) >= 11 is 69.9. The standard InChI is InChI=1S/C25H25Cl2NO3S.C23H21Cl2NO3S.C22H21Cl2NOS.C21H19Cl2NOS.C11H6Cl2OS.Na.H2O/c1-2-30-25(29)16-31-20-5-3-17-9-11-28(12-10-18(17)13-20)15-21-6-8-24(32-21)22-7-4-19(26)14-23(22)27;24-17-2-5-20(21(25)12-17)22-6-4-19(30-22)13-26-9-7-15-1-3-18(29-14-23(27)28)11-16(15)8-10-26;1-26-18-4-2-15-8-10-25(11-9-16(15)12-18)14-19-5-7-22(27-19)20-6-3-17(23)13-21(20)24;22-16-2-5-19(20(23)12-16)21-6-4-18(26-21)13-24-9-7-14-1-3-17(25)11-15(14)8-10-24;12-7-1-3-9(10(13)5-7)11-4-2-8(6-14)15-11;;/h3-8,13-14H,2,9-12,15-16H2,1H3;1-6,11-12H,7-10,13-14H2,(H,27,28);2-7,12-13H,8-11,14H2,1H3;1-6,11-12,25H,7-10,13H2;1-6H;;1H2/q;;;;;+1;/p-1. The first-order valence-corrected chi connectivity index (χ1v) is 50.2. The summed E-state index contributed by atoms with van der Waals surface area (Å²) in [6, 6.07) is 73.1. The fourth-order valence-electron chi connectivity index (χ4n) is 15.7. The number of esters is 1. The normalized spacial score (nSPS) is 13.7. The first kappa shape index (κ1) is 104. The van der Waals surface area contributed by atoms with E-state index in [-0.39, 0.29) is 54.2 Å². The number of aliphatic carboxylic acids is 1. The van der Waals surface area contributed by atoms with Crippen LogP contribution in [0.3, 0.4) is 0 Å². The molecule has 0 atom stereocenters. The Balaban J connectivity index is 0.000000151. The molecule has 0 saturated carbocycles. The number of methoxy groups -OCH3 is 1. The molecule has 0 radical (unpaired) electrons. The molecule has 14 aromatic rings. The van der Waals surface area contributed by atoms with E-state index in [4.69, 9.17) is 140 Å². The molecule has 0 aliphatic carbocycles. The van der Waals surface area contributed by atoms with E-state index in [0.717, 1.165) is 184 Å². The van der Waals surface area contributed by atoms with Gasteiger partial charge in [-0.15, -0.1) is 56.7 Å². The van der Waals surface area contributed by atoms with Crippen molar-refractivity contribution in [3.05, 3.63) is 344 Å². The second kappa shape index (κ2) is 50.9. The van der Waals surface area contributed by atoms with Crippen molar-refractivity contribution < 1.29 is 78.6 Å². The number of fused-ring (bicyclic) bond motifs is 4. The van der Waals surface area contributed by atoms with E-state index in [1.165, 1.54) is 85.1 Å². The molecule has 0 amide bonds. The van der Waals surface area contributed by atoms with Crippen molar-refractivity contribution in [2.75, 3.05) is 79.3 Å². The third-order valence-corrected chi connectivity index (χ3v) is 30.6. The molecule has 0 unspecified atom stereocenters. The quantitative estimate of drug-likeness (QED) is 0.0373. The van der Waals surface area contributed by atoms with E-state index in [1.54, 1.807) is 96.6 Å². The average Bonchev–Trinajstić information content (AvgIpc) is 1.69. The molecule has 682 valence electrons. The summed E-state index contributed by atoms with van der Waals surface area (Å²) in [6.07, 6.45) is 8.81. The van der Waals surface area contributed by atoms with E-state index in [0.29, 0.717) is 79.0 Å². The van der Waals surface area contributed by atoms with Gasteiger partial charge in [0.1, 0.15) is 23.0 Å². The Hall–Kier alpha value is -7.01. The van der Waals surface area contributed by atoms with E-state index >= 15 is 0 Å². The summed E-state index contributed by atoms with van der Waals surface area (Å²) in [6.45, 7) is 13.6. The summed E-state index contributed by atoms with van der Waals surface area (Å²) < 4.78 is 21.2. The number of halogens is 10. The maximum atomic E-state index is 11.5. The number of carboxylic acids is 1. The molecule has 14 nitrogen and oxygen atoms in total. The molecule has 18 rings (SSSR count). The van der Waals surface area contributed by atoms with Crippen molar-refractivity contribution in [2.24, 2.45) is 0 Å². The van der Waals surface area contributed by atoms with Crippen molar-refractivity contribution in [1.29, 1.82) is 0 Å². The number of phenols is 1. The molecule has 3 N–H and O–H groups in total. The van der Waals surface area contributed by atoms with Gasteiger partial charge >= 0.3 is 41.5 Å². The number of carbonyl (C=O) groups is 3. The summed E-state index contributed by atoms with van der Waals surface area (Å²) in [7, 11) is 1.73. The molecule has 9 aromatic carbocycles. The van der Waals surface area contributed by atoms with Gasteiger partial charge in [-0.3, -0.25) is 24.4 Å². The molecule has 0 fully saturated rings. The van der Waals surface area contributed by atoms with Gasteiger partial charge in [-0.2, -0.15) is 0 Å². The van der Waals surface area contributed by atoms with Crippen molar-refractivity contribution in [1.82, 2.24) is 19.6 Å². The van der Waals surface area contributed by atoms with Crippen LogP contribution in [0.1, 0.15) is 80.6 Å². The van der Waals surface area contributed by atoms with Gasteiger partial charge in [-0.25, -0.2) is 9.59 Å². The van der Waals surface area contributed by atoms with Gasteiger partial charge in [0.05, 0.1) is 43.7 Å². The van der Waals surface area contributed by atoms with Crippen molar-refractivity contribution >= 4 is 191 Å². The second-order valence-corrected chi connectivity index (χ2v) is 41.3. The van der Waals surface area contributed by atoms with Crippen molar-refractivity contribution in [3.63, 3.8) is 0 Å². The fourth-order valence-corrected chi connectivity index (χ4v) is 23.8. The minimum atomic E-state index is -0.966. The molecule has 30 heteroatoms. The molecule has 5 aromatic heterocycles. The number of hydrogen-bond donors (Lipinski definition) is 2. The summed E-state index contributed by atoms with van der Waals surface area (Å²) in [4.78, 5) is 54.4. The van der Waals surface area contributed by atoms with Gasteiger partial charge in [0.25, 0.3) is 0 Å². The zero-order valence-corrected chi connectivity index (χ0v) is 86.2. The summed E-state index contributed by atoms with van der Waals surface area (Å²) in [5, 5.41) is 25.1. The Labute approximate surface area is 862 Å². The Morgan fingerprint density at radius 1 is 0.348 bits per heavy atom. The minimum Gasteiger partial charge on any atom is -0.870 e. The van der Waals surface area contributed by atoms with Gasteiger partial charge in [0, 0.05) is 175 Å². The van der Waals surface area contributed by atoms with Crippen LogP contribution in [0.25, 0.3) is 52.2 Å². The number of aromatic hydroxyl groups is 1. The number of rotatable bonds is 22. The average molecular weight is 2070 g/mol. The van der Waals surface area contributed by atoms with Gasteiger partial charge in [0.15, 0.2) is 19.5 Å². The Morgan fingerprint density at radius 3 is 0.924 bits per heavy atom. The number of thiophene rings is 5. The van der Waals surface area contributed by atoms with Gasteiger partial charge in [0.2, 0.25) is 0 Å². The molecule has 0 bridgehead atoms. The number of aldehydes is 1. The molecule has 4 aliphatic rings. The number of carboxylic acid groups (broad SMARTS) is 1. The largest absolute Gasteiger partial charge is 1.00 e. The van der Waals surface area contributed by atoms with Gasteiger partial charge in [-0.05, 0) is 273 Å². The van der Waals surface area contributed by atoms with Crippen LogP contribution < -0.4 is 43.8 Å². The number of ether oxygens (including phenoxy) is 4. The van der Waals surface area contributed by atoms with Crippen LogP contribution in [-0.2, 0) is 91.9 Å². The van der Waals surface area contributed by atoms with Crippen molar-refractivity contribution in [3.8, 4) is 75.2 Å². The van der Waals surface area contributed by atoms with E-state index in [1.807, 2.05) is 96.3 Å². The SMILES string of the molecule is CCOC(=O)COc1ccc2c(c1)CCN(Cc1ccc(-c3ccc(Cl)cc3Cl)s1)CC2.COc1ccc2c(c1)CCN(Cc1ccc(-c3ccc(Cl)cc3Cl)s1)CC2.O=C(O)COc1ccc2c(c1)CCN(Cc1ccc(-c3ccc(Cl)cc3Cl)s1)CC2.O=Cc1ccc(-c2ccc(Cl)cc2Cl)s1.Oc1ccc2c(c1)CCN(Cc1ccc(-c3ccc(Cl)cc3Cl)s1)CC2.[Na+].[OH-]. The van der Waals surface area contributed by atoms with Gasteiger partial charge < -0.3 is 34.6 Å². The smallest absolute Gasteiger partial charge is 0.870 e. The molecular formula is C102H93Cl10N4NaO10S5. The molecule has 0 saturated heterocycles. The zero-order chi connectivity index (χ0) is 91.3. The van der Waals surface area contributed by atoms with E-state index in [9.17, 15) is 19.5 Å². The molecule has 9 heterocycles. The molecule has 132 heavy (non-hydrogen) atoms. The molecular weight excluding hydrogens is 1980 g/mol. The van der Waals surface area contributed by atoms with E-state index in [2.05, 4.69) is 111 Å². The third kappa shape index (κ3) is 29.8. The number of phenolic OH excluding ortho intramolecular Hbond substituents is 1. The monoisotopic (exact) mass is 2070 g/mol. The summed E-state index contributed by atoms with van der Waals surface area (Å²) in [5.74, 6) is 1.33. The molecule has 4 aliphatic heterocycles. The van der Waals surface area contributed by atoms with Crippen molar-refractivity contribution in [2.45, 2.75) is 84.5 Å². The Morgan fingerprint density at radius 2 is 0.629 bits per heavy atom. The van der Waals surface area contributed by atoms with Crippen LogP contribution >= 0.6 is 173 Å². The number of nitrogens with zero attached hydrogens (tertiary/aromatic N) is 4. The third-order valence-electron chi connectivity index (χ3n) is 22.5. The van der Waals surface area contributed by atoms with Crippen LogP contribution in [0.15, 0.2) is 224 Å². The summed E-state index contributed by atoms with van der Waals surface area (Å²) in [5.41, 5.74) is 15.7. The predicted molar refractivity (Wildman–Crippen MR) is 546 cm³/mol. The predicted octanol–water partition coefficient (Wildman–Crippen LogP) is 25.8. The van der Waals surface area contributed by atoms with Gasteiger partial charge in [-0.1, -0.05) is 171 Å². The first-order valence-electron chi connectivity index (χ1n) is 42.3. The van der Waals surface area contributed by atoms with Crippen LogP contribution in [0.5, 0.6) is 23.0 Å². The van der Waals surface area contributed by atoms with E-state index < -0.39 is 5.97 Å². The number of carbonyl (C=O) groups excluding carboxylic acids is 2.